The maximum atomic E-state index is 5.84. The van der Waals surface area contributed by atoms with Gasteiger partial charge in [0.15, 0.2) is 0 Å². The normalized spacial score (nSPS) is 12.6. The number of nitrogens with two attached hydrogens (primary N) is 1. The van der Waals surface area contributed by atoms with Crippen molar-refractivity contribution in [3.05, 3.63) is 56.7 Å². The molecule has 1 unspecified atom stereocenters. The van der Waals surface area contributed by atoms with Gasteiger partial charge in [-0.05, 0) is 27.6 Å². The van der Waals surface area contributed by atoms with Crippen molar-refractivity contribution in [3.8, 4) is 0 Å². The SMILES string of the molecule is NCC(CNCc1cc(Br)cs1)c1ccccc1. The summed E-state index contributed by atoms with van der Waals surface area (Å²) in [7, 11) is 0. The highest BCUT2D eigenvalue weighted by molar-refractivity contribution is 9.10. The maximum absolute atomic E-state index is 5.84. The molecule has 0 aliphatic rings. The predicted octanol–water partition coefficient (Wildman–Crippen LogP) is 3.34. The first kappa shape index (κ1) is 13.7. The number of rotatable bonds is 6. The molecule has 2 nitrogen and oxygen atoms in total. The summed E-state index contributed by atoms with van der Waals surface area (Å²) in [5.41, 5.74) is 7.15. The predicted molar refractivity (Wildman–Crippen MR) is 82.0 cm³/mol. The van der Waals surface area contributed by atoms with Gasteiger partial charge in [-0.3, -0.25) is 0 Å². The van der Waals surface area contributed by atoms with Crippen molar-refractivity contribution in [3.63, 3.8) is 0 Å². The van der Waals surface area contributed by atoms with Crippen LogP contribution in [0.5, 0.6) is 0 Å². The van der Waals surface area contributed by atoms with Gasteiger partial charge in [0.25, 0.3) is 0 Å². The Balaban J connectivity index is 1.84. The van der Waals surface area contributed by atoms with E-state index in [1.54, 1.807) is 11.3 Å². The van der Waals surface area contributed by atoms with Crippen molar-refractivity contribution in [2.45, 2.75) is 12.5 Å². The molecule has 18 heavy (non-hydrogen) atoms. The van der Waals surface area contributed by atoms with E-state index in [0.29, 0.717) is 12.5 Å². The van der Waals surface area contributed by atoms with E-state index in [2.05, 4.69) is 57.0 Å². The van der Waals surface area contributed by atoms with E-state index in [-0.39, 0.29) is 0 Å². The summed E-state index contributed by atoms with van der Waals surface area (Å²) in [6, 6.07) is 12.6. The maximum Gasteiger partial charge on any atom is 0.0300 e. The molecule has 0 radical (unpaired) electrons. The van der Waals surface area contributed by atoms with Crippen LogP contribution < -0.4 is 11.1 Å². The zero-order valence-electron chi connectivity index (χ0n) is 10.1. The van der Waals surface area contributed by atoms with E-state index < -0.39 is 0 Å². The lowest BCUT2D eigenvalue weighted by atomic mass is 9.99. The molecule has 1 heterocycles. The Morgan fingerprint density at radius 1 is 1.28 bits per heavy atom. The van der Waals surface area contributed by atoms with Gasteiger partial charge in [0, 0.05) is 40.3 Å². The first-order valence-electron chi connectivity index (χ1n) is 5.98. The Bertz CT molecular complexity index is 470. The molecular weight excluding hydrogens is 308 g/mol. The van der Waals surface area contributed by atoms with Crippen LogP contribution in [-0.2, 0) is 6.54 Å². The molecule has 2 aromatic rings. The number of halogens is 1. The minimum absolute atomic E-state index is 0.384. The standard InChI is InChI=1S/C14H17BrN2S/c15-13-6-14(18-10-13)9-17-8-12(7-16)11-4-2-1-3-5-11/h1-6,10,12,17H,7-9,16H2. The molecule has 2 rings (SSSR count). The quantitative estimate of drug-likeness (QED) is 0.855. The van der Waals surface area contributed by atoms with Gasteiger partial charge in [-0.15, -0.1) is 11.3 Å². The van der Waals surface area contributed by atoms with Crippen molar-refractivity contribution < 1.29 is 0 Å². The van der Waals surface area contributed by atoms with Gasteiger partial charge in [0.2, 0.25) is 0 Å². The molecule has 0 saturated heterocycles. The van der Waals surface area contributed by atoms with Gasteiger partial charge in [0.05, 0.1) is 0 Å². The van der Waals surface area contributed by atoms with Crippen LogP contribution in [0.3, 0.4) is 0 Å². The van der Waals surface area contributed by atoms with Gasteiger partial charge >= 0.3 is 0 Å². The molecule has 4 heteroatoms. The second-order valence-electron chi connectivity index (χ2n) is 4.21. The Kier molecular flexibility index (Phi) is 5.38. The second-order valence-corrected chi connectivity index (χ2v) is 6.12. The van der Waals surface area contributed by atoms with Crippen molar-refractivity contribution in [1.29, 1.82) is 0 Å². The molecule has 96 valence electrons. The Hall–Kier alpha value is -0.680. The molecule has 0 amide bonds. The molecule has 0 saturated carbocycles. The lowest BCUT2D eigenvalue weighted by Gasteiger charge is -2.15. The zero-order chi connectivity index (χ0) is 12.8. The molecule has 0 bridgehead atoms. The molecule has 3 N–H and O–H groups in total. The third-order valence-electron chi connectivity index (χ3n) is 2.87. The van der Waals surface area contributed by atoms with Gasteiger partial charge in [-0.1, -0.05) is 30.3 Å². The average Bonchev–Trinajstić information content (AvgIpc) is 2.81. The Morgan fingerprint density at radius 2 is 2.06 bits per heavy atom. The highest BCUT2D eigenvalue weighted by Crippen LogP contribution is 2.19. The molecule has 0 spiro atoms. The number of hydrogen-bond donors (Lipinski definition) is 2. The van der Waals surface area contributed by atoms with E-state index in [1.807, 2.05) is 6.07 Å². The number of benzene rings is 1. The number of thiophene rings is 1. The fourth-order valence-corrected chi connectivity index (χ4v) is 3.30. The second kappa shape index (κ2) is 7.04. The van der Waals surface area contributed by atoms with Crippen LogP contribution in [0, 0.1) is 0 Å². The van der Waals surface area contributed by atoms with Crippen LogP contribution in [0.25, 0.3) is 0 Å². The monoisotopic (exact) mass is 324 g/mol. The third-order valence-corrected chi connectivity index (χ3v) is 4.56. The van der Waals surface area contributed by atoms with Crippen LogP contribution in [0.15, 0.2) is 46.3 Å². The summed E-state index contributed by atoms with van der Waals surface area (Å²) in [5.74, 6) is 0.384. The minimum Gasteiger partial charge on any atom is -0.330 e. The minimum atomic E-state index is 0.384. The fourth-order valence-electron chi connectivity index (χ4n) is 1.88. The van der Waals surface area contributed by atoms with Gasteiger partial charge < -0.3 is 11.1 Å². The highest BCUT2D eigenvalue weighted by atomic mass is 79.9. The fraction of sp³-hybridized carbons (Fsp3) is 0.286. The van der Waals surface area contributed by atoms with Crippen LogP contribution in [0.4, 0.5) is 0 Å². The summed E-state index contributed by atoms with van der Waals surface area (Å²) in [6.07, 6.45) is 0. The molecule has 0 aliphatic heterocycles. The highest BCUT2D eigenvalue weighted by Gasteiger charge is 2.08. The summed E-state index contributed by atoms with van der Waals surface area (Å²) >= 11 is 5.23. The van der Waals surface area contributed by atoms with Crippen LogP contribution in [-0.4, -0.2) is 13.1 Å². The van der Waals surface area contributed by atoms with Gasteiger partial charge in [0.1, 0.15) is 0 Å². The van der Waals surface area contributed by atoms with Crippen molar-refractivity contribution >= 4 is 27.3 Å². The van der Waals surface area contributed by atoms with E-state index in [0.717, 1.165) is 17.6 Å². The van der Waals surface area contributed by atoms with Crippen LogP contribution in [0.2, 0.25) is 0 Å². The van der Waals surface area contributed by atoms with Crippen molar-refractivity contribution in [2.75, 3.05) is 13.1 Å². The van der Waals surface area contributed by atoms with Crippen LogP contribution >= 0.6 is 27.3 Å². The van der Waals surface area contributed by atoms with Gasteiger partial charge in [-0.2, -0.15) is 0 Å². The molecule has 0 aliphatic carbocycles. The van der Waals surface area contributed by atoms with E-state index in [1.165, 1.54) is 10.4 Å². The first-order valence-corrected chi connectivity index (χ1v) is 7.65. The summed E-state index contributed by atoms with van der Waals surface area (Å²) < 4.78 is 1.16. The number of nitrogens with one attached hydrogen (secondary N) is 1. The lowest BCUT2D eigenvalue weighted by molar-refractivity contribution is 0.591. The van der Waals surface area contributed by atoms with Crippen LogP contribution in [0.1, 0.15) is 16.4 Å². The summed E-state index contributed by atoms with van der Waals surface area (Å²) in [4.78, 5) is 1.34. The average molecular weight is 325 g/mol. The first-order chi connectivity index (χ1) is 8.79. The molecule has 1 aromatic carbocycles. The summed E-state index contributed by atoms with van der Waals surface area (Å²) in [5, 5.41) is 5.58. The van der Waals surface area contributed by atoms with Crippen molar-refractivity contribution in [1.82, 2.24) is 5.32 Å². The van der Waals surface area contributed by atoms with E-state index in [4.69, 9.17) is 5.73 Å². The topological polar surface area (TPSA) is 38.0 Å². The zero-order valence-corrected chi connectivity index (χ0v) is 12.5. The van der Waals surface area contributed by atoms with E-state index >= 15 is 0 Å². The molecule has 1 aromatic heterocycles. The van der Waals surface area contributed by atoms with Crippen molar-refractivity contribution in [2.24, 2.45) is 5.73 Å². The number of hydrogen-bond acceptors (Lipinski definition) is 3. The Morgan fingerprint density at radius 3 is 2.67 bits per heavy atom. The lowest BCUT2D eigenvalue weighted by Crippen LogP contribution is -2.26. The molecule has 1 atom stereocenters. The Labute approximate surface area is 120 Å². The molecular formula is C14H17BrN2S. The molecule has 0 fully saturated rings. The van der Waals surface area contributed by atoms with E-state index in [9.17, 15) is 0 Å². The van der Waals surface area contributed by atoms with Gasteiger partial charge in [-0.25, -0.2) is 0 Å². The summed E-state index contributed by atoms with van der Waals surface area (Å²) in [6.45, 7) is 2.49. The smallest absolute Gasteiger partial charge is 0.0300 e. The third kappa shape index (κ3) is 3.92. The largest absolute Gasteiger partial charge is 0.330 e.